The van der Waals surface area contributed by atoms with Gasteiger partial charge in [0.2, 0.25) is 0 Å². The fraction of sp³-hybridized carbons (Fsp3) is 0.182. The molecule has 5 heteroatoms. The number of fused-ring (bicyclic) bond motifs is 1. The normalized spacial score (nSPS) is 10.6. The van der Waals surface area contributed by atoms with Gasteiger partial charge in [-0.3, -0.25) is 4.79 Å². The number of hydrogen-bond acceptors (Lipinski definition) is 3. The van der Waals surface area contributed by atoms with Crippen LogP contribution in [0.1, 0.15) is 10.4 Å². The standard InChI is InChI=1S/C11H10BrNO2S/c12-7-1-2-8-9(6-16-10(8)5-7)11(15)13-3-4-14/h1-2,5-6,14H,3-4H2,(H,13,15). The summed E-state index contributed by atoms with van der Waals surface area (Å²) in [6, 6.07) is 5.82. The van der Waals surface area contributed by atoms with E-state index in [0.29, 0.717) is 5.56 Å². The van der Waals surface area contributed by atoms with Gasteiger partial charge in [0.1, 0.15) is 0 Å². The van der Waals surface area contributed by atoms with Gasteiger partial charge >= 0.3 is 0 Å². The molecule has 0 bridgehead atoms. The van der Waals surface area contributed by atoms with E-state index in [9.17, 15) is 4.79 Å². The fourth-order valence-corrected chi connectivity index (χ4v) is 2.93. The van der Waals surface area contributed by atoms with Gasteiger partial charge in [-0.15, -0.1) is 11.3 Å². The lowest BCUT2D eigenvalue weighted by molar-refractivity contribution is 0.0947. The zero-order valence-corrected chi connectivity index (χ0v) is 10.8. The number of carbonyl (C=O) groups is 1. The van der Waals surface area contributed by atoms with Crippen molar-refractivity contribution in [2.45, 2.75) is 0 Å². The highest BCUT2D eigenvalue weighted by molar-refractivity contribution is 9.10. The fourth-order valence-electron chi connectivity index (χ4n) is 1.44. The summed E-state index contributed by atoms with van der Waals surface area (Å²) in [5.74, 6) is -0.136. The highest BCUT2D eigenvalue weighted by atomic mass is 79.9. The first-order valence-electron chi connectivity index (χ1n) is 4.78. The van der Waals surface area contributed by atoms with E-state index in [1.54, 1.807) is 0 Å². The molecule has 1 amide bonds. The van der Waals surface area contributed by atoms with E-state index >= 15 is 0 Å². The van der Waals surface area contributed by atoms with Gasteiger partial charge in [-0.2, -0.15) is 0 Å². The minimum absolute atomic E-state index is 0.0423. The third kappa shape index (κ3) is 2.26. The number of thiophene rings is 1. The molecule has 0 fully saturated rings. The zero-order chi connectivity index (χ0) is 11.5. The van der Waals surface area contributed by atoms with E-state index in [2.05, 4.69) is 21.2 Å². The summed E-state index contributed by atoms with van der Waals surface area (Å²) in [6.07, 6.45) is 0. The van der Waals surface area contributed by atoms with Crippen LogP contribution >= 0.6 is 27.3 Å². The molecule has 1 heterocycles. The average Bonchev–Trinajstić information content (AvgIpc) is 2.68. The summed E-state index contributed by atoms with van der Waals surface area (Å²) in [5, 5.41) is 14.1. The highest BCUT2D eigenvalue weighted by Gasteiger charge is 2.11. The number of nitrogens with one attached hydrogen (secondary N) is 1. The monoisotopic (exact) mass is 299 g/mol. The molecule has 1 aromatic carbocycles. The number of amides is 1. The molecule has 2 N–H and O–H groups in total. The van der Waals surface area contributed by atoms with Crippen LogP contribution in [0.3, 0.4) is 0 Å². The van der Waals surface area contributed by atoms with E-state index in [1.165, 1.54) is 11.3 Å². The van der Waals surface area contributed by atoms with Crippen LogP contribution in [0.5, 0.6) is 0 Å². The van der Waals surface area contributed by atoms with E-state index in [4.69, 9.17) is 5.11 Å². The number of halogens is 1. The molecule has 0 aliphatic carbocycles. The quantitative estimate of drug-likeness (QED) is 0.914. The molecule has 0 saturated heterocycles. The van der Waals surface area contributed by atoms with Crippen LogP contribution in [0.4, 0.5) is 0 Å². The van der Waals surface area contributed by atoms with E-state index in [-0.39, 0.29) is 19.1 Å². The van der Waals surface area contributed by atoms with Crippen molar-refractivity contribution < 1.29 is 9.90 Å². The molecule has 0 aliphatic rings. The Labute approximate surface area is 105 Å². The Bertz CT molecular complexity index is 524. The van der Waals surface area contributed by atoms with Gasteiger partial charge in [-0.05, 0) is 12.1 Å². The largest absolute Gasteiger partial charge is 0.395 e. The molecule has 0 saturated carbocycles. The van der Waals surface area contributed by atoms with Gasteiger partial charge in [0, 0.05) is 26.5 Å². The summed E-state index contributed by atoms with van der Waals surface area (Å²) in [5.41, 5.74) is 0.668. The lowest BCUT2D eigenvalue weighted by atomic mass is 10.1. The smallest absolute Gasteiger partial charge is 0.252 e. The van der Waals surface area contributed by atoms with Gasteiger partial charge in [-0.1, -0.05) is 22.0 Å². The van der Waals surface area contributed by atoms with Gasteiger partial charge in [-0.25, -0.2) is 0 Å². The molecule has 84 valence electrons. The summed E-state index contributed by atoms with van der Waals surface area (Å²) in [6.45, 7) is 0.242. The van der Waals surface area contributed by atoms with Crippen molar-refractivity contribution in [1.82, 2.24) is 5.32 Å². The molecule has 0 atom stereocenters. The molecule has 0 unspecified atom stereocenters. The Morgan fingerprint density at radius 3 is 3.06 bits per heavy atom. The summed E-state index contributed by atoms with van der Waals surface area (Å²) < 4.78 is 2.08. The van der Waals surface area contributed by atoms with E-state index in [0.717, 1.165) is 14.6 Å². The van der Waals surface area contributed by atoms with Crippen molar-refractivity contribution in [2.75, 3.05) is 13.2 Å². The predicted molar refractivity (Wildman–Crippen MR) is 68.9 cm³/mol. The van der Waals surface area contributed by atoms with Crippen molar-refractivity contribution in [3.05, 3.63) is 33.6 Å². The van der Waals surface area contributed by atoms with Crippen LogP contribution in [0.2, 0.25) is 0 Å². The lowest BCUT2D eigenvalue weighted by Gasteiger charge is -2.01. The molecule has 3 nitrogen and oxygen atoms in total. The molecule has 2 rings (SSSR count). The first-order valence-corrected chi connectivity index (χ1v) is 6.45. The van der Waals surface area contributed by atoms with Crippen LogP contribution in [-0.2, 0) is 0 Å². The summed E-state index contributed by atoms with van der Waals surface area (Å²) >= 11 is 4.93. The minimum Gasteiger partial charge on any atom is -0.395 e. The van der Waals surface area contributed by atoms with E-state index in [1.807, 2.05) is 23.6 Å². The SMILES string of the molecule is O=C(NCCO)c1csc2cc(Br)ccc12. The van der Waals surface area contributed by atoms with Crippen molar-refractivity contribution in [3.8, 4) is 0 Å². The Morgan fingerprint density at radius 2 is 2.31 bits per heavy atom. The third-order valence-electron chi connectivity index (χ3n) is 2.18. The van der Waals surface area contributed by atoms with Crippen LogP contribution in [-0.4, -0.2) is 24.2 Å². The maximum atomic E-state index is 11.7. The first-order chi connectivity index (χ1) is 7.72. The number of aliphatic hydroxyl groups excluding tert-OH is 1. The molecular formula is C11H10BrNO2S. The Kier molecular flexibility index (Phi) is 3.58. The number of hydrogen-bond donors (Lipinski definition) is 2. The number of aliphatic hydroxyl groups is 1. The molecule has 16 heavy (non-hydrogen) atoms. The molecular weight excluding hydrogens is 290 g/mol. The second-order valence-corrected chi connectivity index (χ2v) is 5.10. The number of rotatable bonds is 3. The molecule has 1 aromatic heterocycles. The molecule has 0 spiro atoms. The van der Waals surface area contributed by atoms with Crippen LogP contribution in [0.15, 0.2) is 28.1 Å². The predicted octanol–water partition coefficient (Wildman–Crippen LogP) is 2.39. The van der Waals surface area contributed by atoms with Crippen molar-refractivity contribution in [2.24, 2.45) is 0 Å². The average molecular weight is 300 g/mol. The maximum Gasteiger partial charge on any atom is 0.252 e. The minimum atomic E-state index is -0.136. The highest BCUT2D eigenvalue weighted by Crippen LogP contribution is 2.28. The van der Waals surface area contributed by atoms with Gasteiger partial charge in [0.15, 0.2) is 0 Å². The Hall–Kier alpha value is -0.910. The topological polar surface area (TPSA) is 49.3 Å². The van der Waals surface area contributed by atoms with Crippen LogP contribution in [0.25, 0.3) is 10.1 Å². The zero-order valence-electron chi connectivity index (χ0n) is 8.37. The summed E-state index contributed by atoms with van der Waals surface area (Å²) in [7, 11) is 0. The van der Waals surface area contributed by atoms with Crippen molar-refractivity contribution >= 4 is 43.3 Å². The second-order valence-electron chi connectivity index (χ2n) is 3.27. The Morgan fingerprint density at radius 1 is 1.50 bits per heavy atom. The maximum absolute atomic E-state index is 11.7. The Balaban J connectivity index is 2.34. The first kappa shape index (κ1) is 11.6. The van der Waals surface area contributed by atoms with Crippen LogP contribution < -0.4 is 5.32 Å². The molecule has 0 radical (unpaired) electrons. The third-order valence-corrected chi connectivity index (χ3v) is 3.62. The van der Waals surface area contributed by atoms with E-state index < -0.39 is 0 Å². The number of benzene rings is 1. The second kappa shape index (κ2) is 4.95. The lowest BCUT2D eigenvalue weighted by Crippen LogP contribution is -2.26. The van der Waals surface area contributed by atoms with Crippen molar-refractivity contribution in [3.63, 3.8) is 0 Å². The van der Waals surface area contributed by atoms with Crippen LogP contribution in [0, 0.1) is 0 Å². The summed E-state index contributed by atoms with van der Waals surface area (Å²) in [4.78, 5) is 11.7. The molecule has 2 aromatic rings. The molecule has 0 aliphatic heterocycles. The van der Waals surface area contributed by atoms with Gasteiger partial charge in [0.25, 0.3) is 5.91 Å². The van der Waals surface area contributed by atoms with Crippen molar-refractivity contribution in [1.29, 1.82) is 0 Å². The van der Waals surface area contributed by atoms with Gasteiger partial charge < -0.3 is 10.4 Å². The van der Waals surface area contributed by atoms with Gasteiger partial charge in [0.05, 0.1) is 12.2 Å². The number of carbonyl (C=O) groups excluding carboxylic acids is 1.